The van der Waals surface area contributed by atoms with Crippen LogP contribution in [0.15, 0.2) is 138 Å². The predicted octanol–water partition coefficient (Wildman–Crippen LogP) is 12.4. The largest absolute Gasteiger partial charge is 0.506 e. The average molecular weight is 864 g/mol. The van der Waals surface area contributed by atoms with E-state index in [0.717, 1.165) is 61.1 Å². The minimum absolute atomic E-state index is 0. The predicted molar refractivity (Wildman–Crippen MR) is 214 cm³/mol. The molecule has 4 heterocycles. The summed E-state index contributed by atoms with van der Waals surface area (Å²) in [7, 11) is 0. The number of pyridine rings is 3. The van der Waals surface area contributed by atoms with E-state index < -0.39 is 0 Å². The molecule has 4 aromatic heterocycles. The molecule has 1 radical (unpaired) electrons. The van der Waals surface area contributed by atoms with Crippen LogP contribution in [0.3, 0.4) is 0 Å². The average Bonchev–Trinajstić information content (AvgIpc) is 3.66. The maximum absolute atomic E-state index is 5.75. The molecule has 0 N–H and O–H groups in total. The van der Waals surface area contributed by atoms with Crippen LogP contribution in [0.1, 0.15) is 27.8 Å². The summed E-state index contributed by atoms with van der Waals surface area (Å²) in [6.45, 7) is 10.5. The number of benzene rings is 5. The molecule has 0 atom stereocenters. The van der Waals surface area contributed by atoms with E-state index >= 15 is 0 Å². The van der Waals surface area contributed by atoms with E-state index in [0.29, 0.717) is 0 Å². The molecule has 0 unspecified atom stereocenters. The van der Waals surface area contributed by atoms with E-state index in [1.807, 2.05) is 42.9 Å². The molecule has 0 aliphatic rings. The topological polar surface area (TPSA) is 51.8 Å². The molecule has 5 aromatic carbocycles. The Labute approximate surface area is 324 Å². The van der Waals surface area contributed by atoms with Gasteiger partial charge in [-0.05, 0) is 88.8 Å². The summed E-state index contributed by atoms with van der Waals surface area (Å²) >= 11 is 0. The molecule has 4 nitrogen and oxygen atoms in total. The van der Waals surface area contributed by atoms with Crippen LogP contribution < -0.4 is 0 Å². The molecule has 0 amide bonds. The summed E-state index contributed by atoms with van der Waals surface area (Å²) < 4.78 is 5.75. The number of furan rings is 1. The van der Waals surface area contributed by atoms with Crippen molar-refractivity contribution in [3.63, 3.8) is 0 Å². The molecule has 9 rings (SSSR count). The van der Waals surface area contributed by atoms with E-state index in [4.69, 9.17) is 14.4 Å². The zero-order chi connectivity index (χ0) is 35.8. The minimum atomic E-state index is 0. The molecule has 0 saturated heterocycles. The molecule has 53 heavy (non-hydrogen) atoms. The van der Waals surface area contributed by atoms with E-state index in [2.05, 4.69) is 137 Å². The second-order valence-electron chi connectivity index (χ2n) is 13.5. The van der Waals surface area contributed by atoms with Gasteiger partial charge < -0.3 is 9.40 Å². The molecule has 0 spiro atoms. The smallest absolute Gasteiger partial charge is 0.0847 e. The van der Waals surface area contributed by atoms with Crippen molar-refractivity contribution in [2.24, 2.45) is 0 Å². The standard InChI is InChI=1S/C33H21N2O.C15H16N.Ir/c1-21-16-29-30(19-27-13-15-36-33(27)32(29)35-20-21)31-28(8-5-14-34-31)26-12-11-24-17-23(9-10-25(24)18-26)22-6-3-2-4-7-22;1-10-5-6-14(7-11(10)2)15-8-12(3)13(4)9-16-15;/h2-18,20H,1H3;5,7-9H,1-4H3;/q2*-1;. The van der Waals surface area contributed by atoms with Crippen LogP contribution >= 0.6 is 0 Å². The molecular formula is C48H37IrN3O-2. The van der Waals surface area contributed by atoms with E-state index in [1.54, 1.807) is 6.26 Å². The molecule has 0 bridgehead atoms. The van der Waals surface area contributed by atoms with Crippen molar-refractivity contribution in [1.29, 1.82) is 0 Å². The maximum atomic E-state index is 5.75. The first kappa shape index (κ1) is 35.7. The van der Waals surface area contributed by atoms with Crippen molar-refractivity contribution in [3.8, 4) is 44.8 Å². The van der Waals surface area contributed by atoms with Gasteiger partial charge in [-0.25, -0.2) is 0 Å². The normalized spacial score (nSPS) is 11.0. The molecule has 261 valence electrons. The number of hydrogen-bond acceptors (Lipinski definition) is 4. The molecule has 0 aliphatic carbocycles. The summed E-state index contributed by atoms with van der Waals surface area (Å²) in [5.41, 5.74) is 16.3. The van der Waals surface area contributed by atoms with Crippen molar-refractivity contribution in [3.05, 3.63) is 174 Å². The summed E-state index contributed by atoms with van der Waals surface area (Å²) in [6, 6.07) is 45.1. The minimum Gasteiger partial charge on any atom is -0.506 e. The fraction of sp³-hybridized carbons (Fsp3) is 0.104. The van der Waals surface area contributed by atoms with Gasteiger partial charge >= 0.3 is 0 Å². The van der Waals surface area contributed by atoms with E-state index in [1.165, 1.54) is 44.2 Å². The van der Waals surface area contributed by atoms with E-state index in [9.17, 15) is 0 Å². The molecular weight excluding hydrogens is 827 g/mol. The van der Waals surface area contributed by atoms with Gasteiger partial charge in [-0.1, -0.05) is 115 Å². The zero-order valence-corrected chi connectivity index (χ0v) is 32.7. The van der Waals surface area contributed by atoms with Crippen LogP contribution in [0, 0.1) is 46.8 Å². The van der Waals surface area contributed by atoms with Crippen molar-refractivity contribution < 1.29 is 24.5 Å². The van der Waals surface area contributed by atoms with Gasteiger partial charge in [-0.3, -0.25) is 9.97 Å². The van der Waals surface area contributed by atoms with Crippen molar-refractivity contribution >= 4 is 32.6 Å². The molecule has 5 heteroatoms. The Morgan fingerprint density at radius 2 is 1.36 bits per heavy atom. The molecule has 0 aliphatic heterocycles. The van der Waals surface area contributed by atoms with Crippen molar-refractivity contribution in [1.82, 2.24) is 15.0 Å². The third-order valence-electron chi connectivity index (χ3n) is 9.81. The number of aromatic nitrogens is 3. The van der Waals surface area contributed by atoms with Crippen molar-refractivity contribution in [2.45, 2.75) is 34.6 Å². The summed E-state index contributed by atoms with van der Waals surface area (Å²) in [4.78, 5) is 14.0. The summed E-state index contributed by atoms with van der Waals surface area (Å²) in [6.07, 6.45) is 7.33. The van der Waals surface area contributed by atoms with Gasteiger partial charge in [0.1, 0.15) is 0 Å². The quantitative estimate of drug-likeness (QED) is 0.165. The fourth-order valence-electron chi connectivity index (χ4n) is 6.57. The molecule has 0 saturated carbocycles. The zero-order valence-electron chi connectivity index (χ0n) is 30.3. The van der Waals surface area contributed by atoms with Gasteiger partial charge in [0.15, 0.2) is 0 Å². The summed E-state index contributed by atoms with van der Waals surface area (Å²) in [5, 5.41) is 4.30. The SMILES string of the molecule is Cc1c[c-]c(-c2cc(C)c(C)cn2)cc1C.Cc1cnc2c(c1)c(-c1ncccc1-c1ccc3cc(-c4ccccc4)ccc3c1)[c-]c1ccoc12.[Ir]. The Kier molecular flexibility index (Phi) is 10.1. The third kappa shape index (κ3) is 7.19. The first-order chi connectivity index (χ1) is 25.3. The number of hydrogen-bond donors (Lipinski definition) is 0. The fourth-order valence-corrected chi connectivity index (χ4v) is 6.57. The van der Waals surface area contributed by atoms with Crippen LogP contribution in [-0.4, -0.2) is 15.0 Å². The van der Waals surface area contributed by atoms with Gasteiger partial charge in [0.2, 0.25) is 0 Å². The molecule has 0 fully saturated rings. The first-order valence-electron chi connectivity index (χ1n) is 17.5. The Morgan fingerprint density at radius 1 is 0.604 bits per heavy atom. The van der Waals surface area contributed by atoms with Gasteiger partial charge in [-0.2, -0.15) is 0 Å². The first-order valence-corrected chi connectivity index (χ1v) is 17.5. The number of nitrogens with zero attached hydrogens (tertiary/aromatic N) is 3. The van der Waals surface area contributed by atoms with Crippen LogP contribution in [0.4, 0.5) is 0 Å². The maximum Gasteiger partial charge on any atom is 0.0847 e. The van der Waals surface area contributed by atoms with Gasteiger partial charge in [0.05, 0.1) is 5.58 Å². The number of aryl methyl sites for hydroxylation is 5. The van der Waals surface area contributed by atoms with Gasteiger partial charge in [-0.15, -0.1) is 41.0 Å². The Balaban J connectivity index is 0.000000216. The van der Waals surface area contributed by atoms with E-state index in [-0.39, 0.29) is 20.1 Å². The van der Waals surface area contributed by atoms with Crippen LogP contribution in [0.2, 0.25) is 0 Å². The van der Waals surface area contributed by atoms with Crippen LogP contribution in [0.25, 0.3) is 77.4 Å². The third-order valence-corrected chi connectivity index (χ3v) is 9.81. The van der Waals surface area contributed by atoms with Gasteiger partial charge in [0, 0.05) is 56.2 Å². The van der Waals surface area contributed by atoms with Gasteiger partial charge in [0.25, 0.3) is 0 Å². The second-order valence-corrected chi connectivity index (χ2v) is 13.5. The Morgan fingerprint density at radius 3 is 2.13 bits per heavy atom. The Bertz CT molecular complexity index is 2700. The monoisotopic (exact) mass is 864 g/mol. The second kappa shape index (κ2) is 15.1. The number of rotatable bonds is 4. The van der Waals surface area contributed by atoms with Crippen LogP contribution in [-0.2, 0) is 20.1 Å². The number of fused-ring (bicyclic) bond motifs is 4. The van der Waals surface area contributed by atoms with Crippen LogP contribution in [0.5, 0.6) is 0 Å². The summed E-state index contributed by atoms with van der Waals surface area (Å²) in [5.74, 6) is 0. The Hall–Kier alpha value is -5.74. The molecule has 9 aromatic rings. The van der Waals surface area contributed by atoms with Crippen molar-refractivity contribution in [2.75, 3.05) is 0 Å².